The van der Waals surface area contributed by atoms with Crippen molar-refractivity contribution in [1.82, 2.24) is 0 Å². The molecule has 0 radical (unpaired) electrons. The maximum atomic E-state index is 12.2. The second kappa shape index (κ2) is 9.77. The summed E-state index contributed by atoms with van der Waals surface area (Å²) in [6.07, 6.45) is -0.312. The quantitative estimate of drug-likeness (QED) is 0.517. The van der Waals surface area contributed by atoms with E-state index >= 15 is 0 Å². The van der Waals surface area contributed by atoms with Gasteiger partial charge in [-0.25, -0.2) is 0 Å². The summed E-state index contributed by atoms with van der Waals surface area (Å²) in [5.74, 6) is -1.89. The number of hydrogen-bond donors (Lipinski definition) is 0. The summed E-state index contributed by atoms with van der Waals surface area (Å²) < 4.78 is 10.0. The maximum Gasteiger partial charge on any atom is 0.313 e. The zero-order chi connectivity index (χ0) is 17.2. The lowest BCUT2D eigenvalue weighted by molar-refractivity contribution is -0.154. The molecule has 126 valence electrons. The van der Waals surface area contributed by atoms with E-state index in [0.717, 1.165) is 5.56 Å². The molecule has 0 heterocycles. The second-order valence-corrected chi connectivity index (χ2v) is 5.67. The molecular formula is C18H24O5. The summed E-state index contributed by atoms with van der Waals surface area (Å²) in [4.78, 5) is 35.5. The lowest BCUT2D eigenvalue weighted by Crippen LogP contribution is -2.26. The van der Waals surface area contributed by atoms with E-state index in [4.69, 9.17) is 9.47 Å². The van der Waals surface area contributed by atoms with E-state index in [1.807, 2.05) is 44.2 Å². The maximum absolute atomic E-state index is 12.2. The molecule has 1 aromatic carbocycles. The number of rotatable bonds is 9. The van der Waals surface area contributed by atoms with Crippen LogP contribution in [0.3, 0.4) is 0 Å². The van der Waals surface area contributed by atoms with Gasteiger partial charge in [-0.05, 0) is 18.4 Å². The van der Waals surface area contributed by atoms with Gasteiger partial charge in [-0.3, -0.25) is 14.4 Å². The molecule has 0 bridgehead atoms. The van der Waals surface area contributed by atoms with Gasteiger partial charge in [0.25, 0.3) is 0 Å². The predicted molar refractivity (Wildman–Crippen MR) is 85.4 cm³/mol. The van der Waals surface area contributed by atoms with Crippen molar-refractivity contribution in [2.24, 2.45) is 11.8 Å². The SMILES string of the molecule is CCOC(=O)CC(=O)CC(C(=O)OCc1ccccc1)C(C)C. The molecule has 23 heavy (non-hydrogen) atoms. The molecule has 1 rings (SSSR count). The van der Waals surface area contributed by atoms with Gasteiger partial charge in [-0.2, -0.15) is 0 Å². The Hall–Kier alpha value is -2.17. The molecule has 0 aromatic heterocycles. The van der Waals surface area contributed by atoms with Gasteiger partial charge in [0.15, 0.2) is 0 Å². The molecule has 0 saturated heterocycles. The Morgan fingerprint density at radius 2 is 1.70 bits per heavy atom. The van der Waals surface area contributed by atoms with Crippen LogP contribution in [-0.2, 0) is 30.5 Å². The number of carbonyl (C=O) groups is 3. The second-order valence-electron chi connectivity index (χ2n) is 5.67. The van der Waals surface area contributed by atoms with Crippen LogP contribution < -0.4 is 0 Å². The Morgan fingerprint density at radius 1 is 1.04 bits per heavy atom. The molecule has 0 N–H and O–H groups in total. The Bertz CT molecular complexity index is 521. The normalized spacial score (nSPS) is 11.8. The Morgan fingerprint density at radius 3 is 2.26 bits per heavy atom. The summed E-state index contributed by atoms with van der Waals surface area (Å²) >= 11 is 0. The molecule has 0 aliphatic heterocycles. The van der Waals surface area contributed by atoms with Gasteiger partial charge < -0.3 is 9.47 Å². The summed E-state index contributed by atoms with van der Waals surface area (Å²) in [5.41, 5.74) is 0.890. The molecule has 0 amide bonds. The summed E-state index contributed by atoms with van der Waals surface area (Å²) in [6.45, 7) is 5.80. The van der Waals surface area contributed by atoms with Crippen molar-refractivity contribution in [3.05, 3.63) is 35.9 Å². The van der Waals surface area contributed by atoms with Crippen LogP contribution in [0.5, 0.6) is 0 Å². The van der Waals surface area contributed by atoms with Gasteiger partial charge in [0.2, 0.25) is 0 Å². The third-order valence-electron chi connectivity index (χ3n) is 3.43. The van der Waals surface area contributed by atoms with E-state index < -0.39 is 17.9 Å². The summed E-state index contributed by atoms with van der Waals surface area (Å²) in [5, 5.41) is 0. The smallest absolute Gasteiger partial charge is 0.313 e. The van der Waals surface area contributed by atoms with E-state index in [9.17, 15) is 14.4 Å². The molecule has 1 atom stereocenters. The highest BCUT2D eigenvalue weighted by Gasteiger charge is 2.27. The molecule has 1 aromatic rings. The minimum Gasteiger partial charge on any atom is -0.466 e. The zero-order valence-corrected chi connectivity index (χ0v) is 13.9. The number of Topliss-reactive ketones (excluding diaryl/α,β-unsaturated/α-hetero) is 1. The monoisotopic (exact) mass is 320 g/mol. The highest BCUT2D eigenvalue weighted by Crippen LogP contribution is 2.19. The molecule has 0 aliphatic carbocycles. The lowest BCUT2D eigenvalue weighted by Gasteiger charge is -2.18. The largest absolute Gasteiger partial charge is 0.466 e. The van der Waals surface area contributed by atoms with Crippen LogP contribution in [-0.4, -0.2) is 24.3 Å². The molecule has 5 heteroatoms. The average Bonchev–Trinajstić information content (AvgIpc) is 2.51. The lowest BCUT2D eigenvalue weighted by atomic mass is 9.90. The first kappa shape index (κ1) is 18.9. The minimum absolute atomic E-state index is 0.00982. The molecule has 1 unspecified atom stereocenters. The van der Waals surface area contributed by atoms with Crippen LogP contribution >= 0.6 is 0 Å². The van der Waals surface area contributed by atoms with Gasteiger partial charge in [0.1, 0.15) is 18.8 Å². The van der Waals surface area contributed by atoms with Gasteiger partial charge in [0, 0.05) is 6.42 Å². The van der Waals surface area contributed by atoms with E-state index in [2.05, 4.69) is 0 Å². The molecule has 0 saturated carbocycles. The van der Waals surface area contributed by atoms with Crippen LogP contribution in [0.15, 0.2) is 30.3 Å². The molecule has 5 nitrogen and oxygen atoms in total. The first-order valence-corrected chi connectivity index (χ1v) is 7.81. The van der Waals surface area contributed by atoms with Crippen molar-refractivity contribution in [1.29, 1.82) is 0 Å². The zero-order valence-electron chi connectivity index (χ0n) is 13.9. The van der Waals surface area contributed by atoms with Crippen LogP contribution in [0.25, 0.3) is 0 Å². The number of ketones is 1. The fourth-order valence-corrected chi connectivity index (χ4v) is 2.12. The van der Waals surface area contributed by atoms with Gasteiger partial charge >= 0.3 is 11.9 Å². The van der Waals surface area contributed by atoms with Gasteiger partial charge in [0.05, 0.1) is 12.5 Å². The highest BCUT2D eigenvalue weighted by atomic mass is 16.5. The Balaban J connectivity index is 2.54. The molecular weight excluding hydrogens is 296 g/mol. The van der Waals surface area contributed by atoms with E-state index in [0.29, 0.717) is 0 Å². The summed E-state index contributed by atoms with van der Waals surface area (Å²) in [6, 6.07) is 9.35. The predicted octanol–water partition coefficient (Wildman–Crippen LogP) is 2.91. The topological polar surface area (TPSA) is 69.7 Å². The number of benzene rings is 1. The third kappa shape index (κ3) is 7.08. The third-order valence-corrected chi connectivity index (χ3v) is 3.43. The van der Waals surface area contributed by atoms with E-state index in [1.54, 1.807) is 6.92 Å². The number of hydrogen-bond acceptors (Lipinski definition) is 5. The Kier molecular flexibility index (Phi) is 8.02. The van der Waals surface area contributed by atoms with Gasteiger partial charge in [-0.15, -0.1) is 0 Å². The van der Waals surface area contributed by atoms with E-state index in [1.165, 1.54) is 0 Å². The number of esters is 2. The van der Waals surface area contributed by atoms with Crippen LogP contribution in [0.1, 0.15) is 39.2 Å². The van der Waals surface area contributed by atoms with Crippen molar-refractivity contribution >= 4 is 17.7 Å². The number of carbonyl (C=O) groups excluding carboxylic acids is 3. The Labute approximate surface area is 137 Å². The standard InChI is InChI=1S/C18H24O5/c1-4-22-17(20)11-15(19)10-16(13(2)3)18(21)23-12-14-8-6-5-7-9-14/h5-9,13,16H,4,10-12H2,1-3H3. The van der Waals surface area contributed by atoms with Crippen molar-refractivity contribution in [2.75, 3.05) is 6.61 Å². The fourth-order valence-electron chi connectivity index (χ4n) is 2.12. The molecule has 0 spiro atoms. The van der Waals surface area contributed by atoms with Crippen LogP contribution in [0.4, 0.5) is 0 Å². The fraction of sp³-hybridized carbons (Fsp3) is 0.500. The first-order chi connectivity index (χ1) is 10.9. The average molecular weight is 320 g/mol. The molecule has 0 fully saturated rings. The van der Waals surface area contributed by atoms with Crippen LogP contribution in [0, 0.1) is 11.8 Å². The highest BCUT2D eigenvalue weighted by molar-refractivity contribution is 5.97. The van der Waals surface area contributed by atoms with Crippen molar-refractivity contribution in [2.45, 2.75) is 40.2 Å². The van der Waals surface area contributed by atoms with Crippen molar-refractivity contribution in [3.8, 4) is 0 Å². The van der Waals surface area contributed by atoms with Gasteiger partial charge in [-0.1, -0.05) is 44.2 Å². The molecule has 0 aliphatic rings. The van der Waals surface area contributed by atoms with Crippen molar-refractivity contribution in [3.63, 3.8) is 0 Å². The van der Waals surface area contributed by atoms with Crippen molar-refractivity contribution < 1.29 is 23.9 Å². The summed E-state index contributed by atoms with van der Waals surface area (Å²) in [7, 11) is 0. The number of ether oxygens (including phenoxy) is 2. The van der Waals surface area contributed by atoms with Crippen LogP contribution in [0.2, 0.25) is 0 Å². The van der Waals surface area contributed by atoms with E-state index in [-0.39, 0.29) is 37.8 Å². The minimum atomic E-state index is -0.558. The first-order valence-electron chi connectivity index (χ1n) is 7.81.